The summed E-state index contributed by atoms with van der Waals surface area (Å²) in [5.74, 6) is 0.849. The third-order valence-corrected chi connectivity index (χ3v) is 4.94. The number of nitrogens with zero attached hydrogens (tertiary/aromatic N) is 3. The van der Waals surface area contributed by atoms with Crippen LogP contribution < -0.4 is 5.32 Å². The van der Waals surface area contributed by atoms with Gasteiger partial charge in [0.2, 0.25) is 5.91 Å². The highest BCUT2D eigenvalue weighted by Gasteiger charge is 2.39. The molecule has 1 aliphatic rings. The number of pyridine rings is 1. The van der Waals surface area contributed by atoms with Gasteiger partial charge in [-0.2, -0.15) is 5.10 Å². The molecule has 1 fully saturated rings. The van der Waals surface area contributed by atoms with Crippen LogP contribution in [0.1, 0.15) is 51.6 Å². The number of hydrogen-bond acceptors (Lipinski definition) is 3. The zero-order valence-electron chi connectivity index (χ0n) is 14.3. The molecule has 1 amide bonds. The second-order valence-electron chi connectivity index (χ2n) is 7.16. The Kier molecular flexibility index (Phi) is 4.39. The van der Waals surface area contributed by atoms with Crippen LogP contribution in [0.4, 0.5) is 4.39 Å². The fraction of sp³-hybridized carbons (Fsp3) is 0.500. The number of halogens is 1. The number of carbonyl (C=O) groups is 1. The summed E-state index contributed by atoms with van der Waals surface area (Å²) in [6.45, 7) is 6.19. The first kappa shape index (κ1) is 16.6. The van der Waals surface area contributed by atoms with Gasteiger partial charge in [-0.15, -0.1) is 0 Å². The lowest BCUT2D eigenvalue weighted by Crippen LogP contribution is -2.38. The van der Waals surface area contributed by atoms with Crippen molar-refractivity contribution in [1.29, 1.82) is 0 Å². The van der Waals surface area contributed by atoms with Gasteiger partial charge < -0.3 is 5.32 Å². The summed E-state index contributed by atoms with van der Waals surface area (Å²) in [6, 6.07) is 3.53. The lowest BCUT2D eigenvalue weighted by atomic mass is 9.86. The fourth-order valence-corrected chi connectivity index (χ4v) is 3.41. The summed E-state index contributed by atoms with van der Waals surface area (Å²) >= 11 is 0. The van der Waals surface area contributed by atoms with Crippen LogP contribution in [-0.4, -0.2) is 20.7 Å². The molecule has 1 aliphatic carbocycles. The van der Waals surface area contributed by atoms with Crippen molar-refractivity contribution in [1.82, 2.24) is 20.1 Å². The van der Waals surface area contributed by atoms with Crippen molar-refractivity contribution in [3.63, 3.8) is 0 Å². The predicted octanol–water partition coefficient (Wildman–Crippen LogP) is 3.41. The Morgan fingerprint density at radius 1 is 1.46 bits per heavy atom. The molecule has 6 heteroatoms. The van der Waals surface area contributed by atoms with Crippen molar-refractivity contribution in [3.05, 3.63) is 42.1 Å². The van der Waals surface area contributed by atoms with Crippen molar-refractivity contribution in [2.24, 2.45) is 11.3 Å². The van der Waals surface area contributed by atoms with Gasteiger partial charge in [0.25, 0.3) is 0 Å². The van der Waals surface area contributed by atoms with Crippen LogP contribution in [0.15, 0.2) is 30.7 Å². The van der Waals surface area contributed by atoms with E-state index in [2.05, 4.69) is 22.3 Å². The van der Waals surface area contributed by atoms with Crippen LogP contribution >= 0.6 is 0 Å². The SMILES string of the molecule is C[C@@H]1CC[C@@](C)(C(=O)N[C@@H](C)c2ccc(-n3cc(F)cn3)nc2)C1. The second-order valence-corrected chi connectivity index (χ2v) is 7.16. The van der Waals surface area contributed by atoms with E-state index in [1.165, 1.54) is 10.9 Å². The molecule has 3 rings (SSSR count). The molecule has 0 aliphatic heterocycles. The van der Waals surface area contributed by atoms with Crippen molar-refractivity contribution in [3.8, 4) is 5.82 Å². The van der Waals surface area contributed by atoms with Gasteiger partial charge in [-0.3, -0.25) is 4.79 Å². The van der Waals surface area contributed by atoms with E-state index in [1.807, 2.05) is 19.9 Å². The van der Waals surface area contributed by atoms with Crippen molar-refractivity contribution < 1.29 is 9.18 Å². The van der Waals surface area contributed by atoms with Gasteiger partial charge in [-0.05, 0) is 43.7 Å². The highest BCUT2D eigenvalue weighted by atomic mass is 19.1. The molecule has 0 bridgehead atoms. The van der Waals surface area contributed by atoms with Crippen molar-refractivity contribution in [2.45, 2.75) is 46.1 Å². The minimum atomic E-state index is -0.402. The number of amides is 1. The molecule has 2 aromatic rings. The molecule has 0 radical (unpaired) electrons. The Morgan fingerprint density at radius 2 is 2.25 bits per heavy atom. The molecule has 2 aromatic heterocycles. The highest BCUT2D eigenvalue weighted by Crippen LogP contribution is 2.41. The van der Waals surface area contributed by atoms with Crippen LogP contribution in [0.5, 0.6) is 0 Å². The van der Waals surface area contributed by atoms with Gasteiger partial charge in [-0.25, -0.2) is 14.1 Å². The van der Waals surface area contributed by atoms with Crippen LogP contribution in [-0.2, 0) is 4.79 Å². The molecule has 0 saturated heterocycles. The maximum absolute atomic E-state index is 13.0. The lowest BCUT2D eigenvalue weighted by molar-refractivity contribution is -0.130. The topological polar surface area (TPSA) is 59.8 Å². The van der Waals surface area contributed by atoms with Crippen molar-refractivity contribution in [2.75, 3.05) is 0 Å². The smallest absolute Gasteiger partial charge is 0.226 e. The average molecular weight is 330 g/mol. The van der Waals surface area contributed by atoms with E-state index >= 15 is 0 Å². The minimum Gasteiger partial charge on any atom is -0.349 e. The van der Waals surface area contributed by atoms with Gasteiger partial charge >= 0.3 is 0 Å². The van der Waals surface area contributed by atoms with Crippen LogP contribution in [0.3, 0.4) is 0 Å². The van der Waals surface area contributed by atoms with E-state index in [4.69, 9.17) is 0 Å². The summed E-state index contributed by atoms with van der Waals surface area (Å²) in [4.78, 5) is 16.9. The third kappa shape index (κ3) is 3.32. The Hall–Kier alpha value is -2.24. The molecule has 1 saturated carbocycles. The normalized spacial score (nSPS) is 24.8. The van der Waals surface area contributed by atoms with Gasteiger partial charge in [-0.1, -0.05) is 19.9 Å². The molecule has 1 N–H and O–H groups in total. The maximum atomic E-state index is 13.0. The van der Waals surface area contributed by atoms with E-state index in [0.29, 0.717) is 11.7 Å². The minimum absolute atomic E-state index is 0.109. The number of aromatic nitrogens is 3. The molecular formula is C18H23FN4O. The highest BCUT2D eigenvalue weighted by molar-refractivity contribution is 5.82. The molecule has 5 nitrogen and oxygen atoms in total. The number of carbonyl (C=O) groups excluding carboxylic acids is 1. The Bertz CT molecular complexity index is 727. The first-order valence-corrected chi connectivity index (χ1v) is 8.35. The van der Waals surface area contributed by atoms with Crippen LogP contribution in [0.2, 0.25) is 0 Å². The third-order valence-electron chi connectivity index (χ3n) is 4.94. The lowest BCUT2D eigenvalue weighted by Gasteiger charge is -2.25. The zero-order chi connectivity index (χ0) is 17.3. The Labute approximate surface area is 141 Å². The zero-order valence-corrected chi connectivity index (χ0v) is 14.3. The largest absolute Gasteiger partial charge is 0.349 e. The van der Waals surface area contributed by atoms with E-state index in [-0.39, 0.29) is 17.4 Å². The van der Waals surface area contributed by atoms with E-state index in [1.54, 1.807) is 12.3 Å². The standard InChI is InChI=1S/C18H23FN4O/c1-12-6-7-18(3,8-12)17(24)22-13(2)14-4-5-16(20-9-14)23-11-15(19)10-21-23/h4-5,9-13H,6-8H2,1-3H3,(H,22,24)/t12-,13+,18-/m1/s1. The summed E-state index contributed by atoms with van der Waals surface area (Å²) < 4.78 is 14.4. The summed E-state index contributed by atoms with van der Waals surface area (Å²) in [5.41, 5.74) is 0.641. The van der Waals surface area contributed by atoms with E-state index < -0.39 is 5.82 Å². The average Bonchev–Trinajstić information content (AvgIpc) is 3.14. The molecule has 24 heavy (non-hydrogen) atoms. The second kappa shape index (κ2) is 6.34. The summed E-state index contributed by atoms with van der Waals surface area (Å²) in [7, 11) is 0. The van der Waals surface area contributed by atoms with Crippen LogP contribution in [0, 0.1) is 17.2 Å². The van der Waals surface area contributed by atoms with E-state index in [9.17, 15) is 9.18 Å². The molecule has 3 atom stereocenters. The first-order valence-electron chi connectivity index (χ1n) is 8.35. The number of rotatable bonds is 4. The predicted molar refractivity (Wildman–Crippen MR) is 89.0 cm³/mol. The molecule has 0 aromatic carbocycles. The van der Waals surface area contributed by atoms with Gasteiger partial charge in [0.15, 0.2) is 11.6 Å². The molecular weight excluding hydrogens is 307 g/mol. The Balaban J connectivity index is 1.67. The monoisotopic (exact) mass is 330 g/mol. The molecule has 128 valence electrons. The number of nitrogens with one attached hydrogen (secondary N) is 1. The van der Waals surface area contributed by atoms with Gasteiger partial charge in [0.05, 0.1) is 18.4 Å². The van der Waals surface area contributed by atoms with Crippen LogP contribution in [0.25, 0.3) is 5.82 Å². The number of hydrogen-bond donors (Lipinski definition) is 1. The maximum Gasteiger partial charge on any atom is 0.226 e. The Morgan fingerprint density at radius 3 is 2.79 bits per heavy atom. The molecule has 0 unspecified atom stereocenters. The first-order chi connectivity index (χ1) is 11.4. The van der Waals surface area contributed by atoms with E-state index in [0.717, 1.165) is 31.0 Å². The van der Waals surface area contributed by atoms with Gasteiger partial charge in [0.1, 0.15) is 0 Å². The fourth-order valence-electron chi connectivity index (χ4n) is 3.41. The van der Waals surface area contributed by atoms with Crippen molar-refractivity contribution >= 4 is 5.91 Å². The van der Waals surface area contributed by atoms with Gasteiger partial charge in [0, 0.05) is 11.6 Å². The molecule has 0 spiro atoms. The summed E-state index contributed by atoms with van der Waals surface area (Å²) in [5, 5.41) is 6.99. The summed E-state index contributed by atoms with van der Waals surface area (Å²) in [6.07, 6.45) is 7.09. The molecule has 2 heterocycles. The quantitative estimate of drug-likeness (QED) is 0.934.